The number of hydrogen-bond acceptors (Lipinski definition) is 2. The van der Waals surface area contributed by atoms with Crippen LogP contribution in [0.2, 0.25) is 0 Å². The number of benzene rings is 1. The molecule has 2 N–H and O–H groups in total. The molecule has 1 saturated heterocycles. The summed E-state index contributed by atoms with van der Waals surface area (Å²) in [5.41, 5.74) is 2.24. The summed E-state index contributed by atoms with van der Waals surface area (Å²) in [5, 5.41) is 13.7. The smallest absolute Gasteiger partial charge is 0.0945 e. The van der Waals surface area contributed by atoms with Crippen molar-refractivity contribution in [3.05, 3.63) is 35.4 Å². The van der Waals surface area contributed by atoms with E-state index in [1.54, 1.807) is 0 Å². The van der Waals surface area contributed by atoms with Gasteiger partial charge in [-0.15, -0.1) is 0 Å². The molecule has 1 aliphatic heterocycles. The van der Waals surface area contributed by atoms with Gasteiger partial charge in [-0.1, -0.05) is 30.7 Å². The lowest BCUT2D eigenvalue weighted by Crippen LogP contribution is -2.39. The van der Waals surface area contributed by atoms with Gasteiger partial charge in [-0.05, 0) is 37.4 Å². The summed E-state index contributed by atoms with van der Waals surface area (Å²) in [6, 6.07) is 8.33. The number of nitrogens with one attached hydrogen (secondary N) is 1. The molecule has 1 aromatic carbocycles. The van der Waals surface area contributed by atoms with Gasteiger partial charge < -0.3 is 10.4 Å². The van der Waals surface area contributed by atoms with Crippen LogP contribution in [0.3, 0.4) is 0 Å². The Morgan fingerprint density at radius 2 is 2.13 bits per heavy atom. The van der Waals surface area contributed by atoms with E-state index < -0.39 is 0 Å². The van der Waals surface area contributed by atoms with Crippen molar-refractivity contribution in [3.63, 3.8) is 0 Å². The molecule has 1 aliphatic rings. The van der Waals surface area contributed by atoms with E-state index in [0.717, 1.165) is 18.5 Å². The molecule has 15 heavy (non-hydrogen) atoms. The first-order valence-corrected chi connectivity index (χ1v) is 5.76. The van der Waals surface area contributed by atoms with Crippen molar-refractivity contribution < 1.29 is 5.11 Å². The Morgan fingerprint density at radius 3 is 2.80 bits per heavy atom. The molecule has 1 aromatic rings. The normalized spacial score (nSPS) is 23.7. The van der Waals surface area contributed by atoms with Crippen LogP contribution in [0.4, 0.5) is 0 Å². The van der Waals surface area contributed by atoms with E-state index in [-0.39, 0.29) is 12.1 Å². The molecule has 0 bridgehead atoms. The van der Waals surface area contributed by atoms with Gasteiger partial charge in [0, 0.05) is 6.04 Å². The van der Waals surface area contributed by atoms with Crippen molar-refractivity contribution in [2.45, 2.75) is 38.3 Å². The second-order valence-corrected chi connectivity index (χ2v) is 4.36. The fourth-order valence-electron chi connectivity index (χ4n) is 2.28. The van der Waals surface area contributed by atoms with E-state index in [4.69, 9.17) is 0 Å². The summed E-state index contributed by atoms with van der Waals surface area (Å²) >= 11 is 0. The third kappa shape index (κ3) is 2.39. The lowest BCUT2D eigenvalue weighted by molar-refractivity contribution is 0.113. The summed E-state index contributed by atoms with van der Waals surface area (Å²) in [7, 11) is 0. The summed E-state index contributed by atoms with van der Waals surface area (Å²) < 4.78 is 0. The van der Waals surface area contributed by atoms with E-state index in [1.165, 1.54) is 18.4 Å². The van der Waals surface area contributed by atoms with Crippen molar-refractivity contribution in [3.8, 4) is 0 Å². The number of piperidine rings is 1. The van der Waals surface area contributed by atoms with Gasteiger partial charge >= 0.3 is 0 Å². The van der Waals surface area contributed by atoms with E-state index in [0.29, 0.717) is 0 Å². The van der Waals surface area contributed by atoms with Gasteiger partial charge in [0.25, 0.3) is 0 Å². The first-order valence-electron chi connectivity index (χ1n) is 5.76. The van der Waals surface area contributed by atoms with Crippen LogP contribution in [-0.4, -0.2) is 17.7 Å². The minimum absolute atomic E-state index is 0.236. The molecule has 2 nitrogen and oxygen atoms in total. The predicted octanol–water partition coefficient (Wildman–Crippen LogP) is 2.17. The van der Waals surface area contributed by atoms with E-state index in [2.05, 4.69) is 18.3 Å². The summed E-state index contributed by atoms with van der Waals surface area (Å²) in [4.78, 5) is 0. The first kappa shape index (κ1) is 10.7. The number of aliphatic hydroxyl groups is 1. The fourth-order valence-corrected chi connectivity index (χ4v) is 2.28. The van der Waals surface area contributed by atoms with Crippen LogP contribution in [0.15, 0.2) is 24.3 Å². The molecular formula is C13H19NO. The molecule has 0 saturated carbocycles. The van der Waals surface area contributed by atoms with Crippen LogP contribution >= 0.6 is 0 Å². The Hall–Kier alpha value is -0.860. The third-order valence-corrected chi connectivity index (χ3v) is 3.24. The maximum atomic E-state index is 10.3. The molecule has 0 radical (unpaired) electrons. The van der Waals surface area contributed by atoms with Crippen LogP contribution in [0.1, 0.15) is 36.5 Å². The van der Waals surface area contributed by atoms with Crippen molar-refractivity contribution in [2.24, 2.45) is 0 Å². The molecule has 2 unspecified atom stereocenters. The summed E-state index contributed by atoms with van der Waals surface area (Å²) in [5.74, 6) is 0. The van der Waals surface area contributed by atoms with Gasteiger partial charge in [0.15, 0.2) is 0 Å². The van der Waals surface area contributed by atoms with Crippen molar-refractivity contribution >= 4 is 0 Å². The molecule has 0 spiro atoms. The van der Waals surface area contributed by atoms with E-state index in [9.17, 15) is 5.11 Å². The zero-order valence-corrected chi connectivity index (χ0v) is 9.24. The van der Waals surface area contributed by atoms with Crippen LogP contribution in [0.25, 0.3) is 0 Å². The summed E-state index contributed by atoms with van der Waals surface area (Å²) in [6.07, 6.45) is 3.18. The fraction of sp³-hybridized carbons (Fsp3) is 0.538. The van der Waals surface area contributed by atoms with Gasteiger partial charge in [0.1, 0.15) is 0 Å². The van der Waals surface area contributed by atoms with Crippen molar-refractivity contribution in [1.29, 1.82) is 0 Å². The maximum absolute atomic E-state index is 10.3. The van der Waals surface area contributed by atoms with Crippen molar-refractivity contribution in [1.82, 2.24) is 5.32 Å². The van der Waals surface area contributed by atoms with Crippen LogP contribution in [0, 0.1) is 6.92 Å². The number of rotatable bonds is 2. The van der Waals surface area contributed by atoms with Gasteiger partial charge in [-0.2, -0.15) is 0 Å². The Morgan fingerprint density at radius 1 is 1.33 bits per heavy atom. The molecule has 1 fully saturated rings. The highest BCUT2D eigenvalue weighted by Gasteiger charge is 2.23. The van der Waals surface area contributed by atoms with Gasteiger partial charge in [0.05, 0.1) is 6.10 Å². The summed E-state index contributed by atoms with van der Waals surface area (Å²) in [6.45, 7) is 3.09. The van der Waals surface area contributed by atoms with Gasteiger partial charge in [0.2, 0.25) is 0 Å². The number of aliphatic hydroxyl groups excluding tert-OH is 1. The topological polar surface area (TPSA) is 32.3 Å². The monoisotopic (exact) mass is 205 g/mol. The quantitative estimate of drug-likeness (QED) is 0.775. The molecular weight excluding hydrogens is 186 g/mol. The average Bonchev–Trinajstić information content (AvgIpc) is 2.30. The Bertz CT molecular complexity index is 318. The zero-order chi connectivity index (χ0) is 10.7. The minimum Gasteiger partial charge on any atom is -0.387 e. The molecule has 82 valence electrons. The second-order valence-electron chi connectivity index (χ2n) is 4.36. The minimum atomic E-state index is -0.355. The Kier molecular flexibility index (Phi) is 3.39. The molecule has 0 amide bonds. The maximum Gasteiger partial charge on any atom is 0.0945 e. The zero-order valence-electron chi connectivity index (χ0n) is 9.24. The molecule has 2 rings (SSSR count). The molecule has 2 heteroatoms. The van der Waals surface area contributed by atoms with Crippen LogP contribution in [-0.2, 0) is 0 Å². The first-order chi connectivity index (χ1) is 7.29. The highest BCUT2D eigenvalue weighted by molar-refractivity contribution is 5.28. The predicted molar refractivity (Wildman–Crippen MR) is 61.8 cm³/mol. The van der Waals surface area contributed by atoms with E-state index >= 15 is 0 Å². The van der Waals surface area contributed by atoms with E-state index in [1.807, 2.05) is 18.2 Å². The lowest BCUT2D eigenvalue weighted by Gasteiger charge is -2.29. The average molecular weight is 205 g/mol. The lowest BCUT2D eigenvalue weighted by atomic mass is 9.92. The Labute approximate surface area is 91.3 Å². The largest absolute Gasteiger partial charge is 0.387 e. The van der Waals surface area contributed by atoms with Gasteiger partial charge in [-0.3, -0.25) is 0 Å². The molecule has 0 aliphatic carbocycles. The van der Waals surface area contributed by atoms with Crippen LogP contribution < -0.4 is 5.32 Å². The third-order valence-electron chi connectivity index (χ3n) is 3.24. The second kappa shape index (κ2) is 4.77. The van der Waals surface area contributed by atoms with Crippen LogP contribution in [0.5, 0.6) is 0 Å². The standard InChI is InChI=1S/C13H19NO/c1-10-6-2-3-7-11(10)13(15)12-8-4-5-9-14-12/h2-3,6-7,12-15H,4-5,8-9H2,1H3. The molecule has 2 atom stereocenters. The number of aryl methyl sites for hydroxylation is 1. The Balaban J connectivity index is 2.12. The molecule has 0 aromatic heterocycles. The molecule has 1 heterocycles. The van der Waals surface area contributed by atoms with Gasteiger partial charge in [-0.25, -0.2) is 0 Å². The highest BCUT2D eigenvalue weighted by Crippen LogP contribution is 2.24. The SMILES string of the molecule is Cc1ccccc1C(O)C1CCCCN1. The highest BCUT2D eigenvalue weighted by atomic mass is 16.3. The van der Waals surface area contributed by atoms with Crippen molar-refractivity contribution in [2.75, 3.05) is 6.54 Å². The number of hydrogen-bond donors (Lipinski definition) is 2.